The number of amides is 1. The van der Waals surface area contributed by atoms with Crippen LogP contribution in [0, 0.1) is 6.92 Å². The highest BCUT2D eigenvalue weighted by Gasteiger charge is 2.15. The molecule has 0 spiro atoms. The fraction of sp³-hybridized carbons (Fsp3) is 0.462. The summed E-state index contributed by atoms with van der Waals surface area (Å²) >= 11 is 5.96. The number of aryl methyl sites for hydroxylation is 1. The summed E-state index contributed by atoms with van der Waals surface area (Å²) in [7, 11) is 5.46. The van der Waals surface area contributed by atoms with Gasteiger partial charge in [-0.25, -0.2) is 0 Å². The van der Waals surface area contributed by atoms with E-state index < -0.39 is 0 Å². The van der Waals surface area contributed by atoms with Crippen molar-refractivity contribution >= 4 is 17.5 Å². The van der Waals surface area contributed by atoms with Crippen LogP contribution in [0.4, 0.5) is 0 Å². The third-order valence-corrected chi connectivity index (χ3v) is 2.75. The highest BCUT2D eigenvalue weighted by Crippen LogP contribution is 2.27. The van der Waals surface area contributed by atoms with Crippen LogP contribution >= 0.6 is 11.6 Å². The number of benzene rings is 1. The first kappa shape index (κ1) is 14.8. The Balaban J connectivity index is 2.84. The molecule has 18 heavy (non-hydrogen) atoms. The van der Waals surface area contributed by atoms with E-state index in [2.05, 4.69) is 5.32 Å². The highest BCUT2D eigenvalue weighted by atomic mass is 35.5. The van der Waals surface area contributed by atoms with Crippen molar-refractivity contribution in [2.45, 2.75) is 6.92 Å². The molecule has 0 aliphatic rings. The van der Waals surface area contributed by atoms with Gasteiger partial charge in [-0.15, -0.1) is 0 Å². The molecule has 0 fully saturated rings. The van der Waals surface area contributed by atoms with E-state index in [0.717, 1.165) is 12.1 Å². The van der Waals surface area contributed by atoms with Crippen LogP contribution in [0.5, 0.6) is 5.75 Å². The molecule has 100 valence electrons. The molecule has 0 atom stereocenters. The van der Waals surface area contributed by atoms with Gasteiger partial charge >= 0.3 is 0 Å². The van der Waals surface area contributed by atoms with Crippen LogP contribution in [0.3, 0.4) is 0 Å². The summed E-state index contributed by atoms with van der Waals surface area (Å²) in [6.45, 7) is 3.23. The normalized spacial score (nSPS) is 10.6. The number of ether oxygens (including phenoxy) is 1. The molecular weight excluding hydrogens is 252 g/mol. The molecule has 0 radical (unpaired) electrons. The Hall–Kier alpha value is -1.26. The van der Waals surface area contributed by atoms with E-state index in [1.165, 1.54) is 0 Å². The molecule has 0 saturated heterocycles. The van der Waals surface area contributed by atoms with Crippen molar-refractivity contribution < 1.29 is 9.53 Å². The lowest BCUT2D eigenvalue weighted by Crippen LogP contribution is -2.31. The van der Waals surface area contributed by atoms with Gasteiger partial charge in [0, 0.05) is 18.1 Å². The van der Waals surface area contributed by atoms with Gasteiger partial charge in [0.2, 0.25) is 0 Å². The van der Waals surface area contributed by atoms with Gasteiger partial charge < -0.3 is 15.0 Å². The maximum absolute atomic E-state index is 12.0. The number of halogens is 1. The van der Waals surface area contributed by atoms with Crippen molar-refractivity contribution in [1.29, 1.82) is 0 Å². The molecule has 1 aromatic carbocycles. The van der Waals surface area contributed by atoms with Crippen molar-refractivity contribution in [3.05, 3.63) is 28.3 Å². The lowest BCUT2D eigenvalue weighted by Gasteiger charge is -2.14. The summed E-state index contributed by atoms with van der Waals surface area (Å²) in [5.41, 5.74) is 1.32. The van der Waals surface area contributed by atoms with E-state index in [0.29, 0.717) is 22.9 Å². The molecule has 1 amide bonds. The third kappa shape index (κ3) is 3.89. The zero-order valence-electron chi connectivity index (χ0n) is 11.2. The molecule has 1 aromatic rings. The van der Waals surface area contributed by atoms with Gasteiger partial charge in [-0.2, -0.15) is 0 Å². The van der Waals surface area contributed by atoms with E-state index in [1.54, 1.807) is 19.2 Å². The largest absolute Gasteiger partial charge is 0.496 e. The van der Waals surface area contributed by atoms with E-state index in [-0.39, 0.29) is 5.91 Å². The van der Waals surface area contributed by atoms with E-state index >= 15 is 0 Å². The number of nitrogens with zero attached hydrogens (tertiary/aromatic N) is 1. The maximum Gasteiger partial charge on any atom is 0.255 e. The summed E-state index contributed by atoms with van der Waals surface area (Å²) < 4.78 is 5.25. The molecule has 0 saturated carbocycles. The number of likely N-dealkylation sites (N-methyl/N-ethyl adjacent to an activating group) is 1. The second-order valence-corrected chi connectivity index (χ2v) is 4.80. The number of nitrogens with one attached hydrogen (secondary N) is 1. The van der Waals surface area contributed by atoms with E-state index in [1.807, 2.05) is 25.9 Å². The van der Waals surface area contributed by atoms with Gasteiger partial charge in [0.1, 0.15) is 5.75 Å². The quantitative estimate of drug-likeness (QED) is 0.889. The number of carbonyl (C=O) groups is 1. The SMILES string of the molecule is COc1c(C)cc(Cl)cc1C(=O)NCCN(C)C. The molecule has 0 heterocycles. The van der Waals surface area contributed by atoms with Crippen molar-refractivity contribution in [3.63, 3.8) is 0 Å². The molecular formula is C13H19ClN2O2. The van der Waals surface area contributed by atoms with E-state index in [4.69, 9.17) is 16.3 Å². The Kier molecular flexibility index (Phi) is 5.44. The molecule has 4 nitrogen and oxygen atoms in total. The van der Waals surface area contributed by atoms with E-state index in [9.17, 15) is 4.79 Å². The minimum Gasteiger partial charge on any atom is -0.496 e. The second kappa shape index (κ2) is 6.61. The average molecular weight is 271 g/mol. The Morgan fingerprint density at radius 1 is 1.44 bits per heavy atom. The van der Waals surface area contributed by atoms with Gasteiger partial charge in [-0.3, -0.25) is 4.79 Å². The first-order valence-electron chi connectivity index (χ1n) is 5.72. The second-order valence-electron chi connectivity index (χ2n) is 4.36. The fourth-order valence-electron chi connectivity index (χ4n) is 1.66. The summed E-state index contributed by atoms with van der Waals surface area (Å²) in [5.74, 6) is 0.404. The van der Waals surface area contributed by atoms with Crippen molar-refractivity contribution in [1.82, 2.24) is 10.2 Å². The van der Waals surface area contributed by atoms with Crippen LogP contribution < -0.4 is 10.1 Å². The van der Waals surface area contributed by atoms with Gasteiger partial charge in [-0.05, 0) is 38.7 Å². The molecule has 0 bridgehead atoms. The fourth-order valence-corrected chi connectivity index (χ4v) is 1.93. The Bertz CT molecular complexity index is 433. The molecule has 0 aromatic heterocycles. The number of hydrogen-bond donors (Lipinski definition) is 1. The number of methoxy groups -OCH3 is 1. The predicted molar refractivity (Wildman–Crippen MR) is 73.6 cm³/mol. The first-order chi connectivity index (χ1) is 8.45. The molecule has 1 rings (SSSR count). The topological polar surface area (TPSA) is 41.6 Å². The van der Waals surface area contributed by atoms with Crippen LogP contribution in [0.1, 0.15) is 15.9 Å². The summed E-state index contributed by atoms with van der Waals surface area (Å²) in [4.78, 5) is 14.0. The number of rotatable bonds is 5. The van der Waals surface area contributed by atoms with Crippen molar-refractivity contribution in [2.24, 2.45) is 0 Å². The highest BCUT2D eigenvalue weighted by molar-refractivity contribution is 6.31. The predicted octanol–water partition coefficient (Wildman–Crippen LogP) is 1.95. The standard InChI is InChI=1S/C13H19ClN2O2/c1-9-7-10(14)8-11(12(9)18-4)13(17)15-5-6-16(2)3/h7-8H,5-6H2,1-4H3,(H,15,17). The van der Waals surface area contributed by atoms with Gasteiger partial charge in [0.05, 0.1) is 12.7 Å². The molecule has 5 heteroatoms. The minimum atomic E-state index is -0.167. The Labute approximate surface area is 113 Å². The van der Waals surface area contributed by atoms with Crippen LogP contribution in [0.2, 0.25) is 5.02 Å². The monoisotopic (exact) mass is 270 g/mol. The van der Waals surface area contributed by atoms with Crippen molar-refractivity contribution in [3.8, 4) is 5.75 Å². The first-order valence-corrected chi connectivity index (χ1v) is 6.10. The van der Waals surface area contributed by atoms with Crippen LogP contribution in [0.25, 0.3) is 0 Å². The average Bonchev–Trinajstić information content (AvgIpc) is 2.27. The molecule has 0 unspecified atom stereocenters. The maximum atomic E-state index is 12.0. The number of carbonyl (C=O) groups excluding carboxylic acids is 1. The zero-order chi connectivity index (χ0) is 13.7. The zero-order valence-corrected chi connectivity index (χ0v) is 12.0. The summed E-state index contributed by atoms with van der Waals surface area (Å²) in [5, 5.41) is 3.37. The van der Waals surface area contributed by atoms with Gasteiger partial charge in [-0.1, -0.05) is 11.6 Å². The third-order valence-electron chi connectivity index (χ3n) is 2.53. The Morgan fingerprint density at radius 2 is 2.11 bits per heavy atom. The Morgan fingerprint density at radius 3 is 2.67 bits per heavy atom. The number of hydrogen-bond acceptors (Lipinski definition) is 3. The lowest BCUT2D eigenvalue weighted by atomic mass is 10.1. The summed E-state index contributed by atoms with van der Waals surface area (Å²) in [6, 6.07) is 3.40. The van der Waals surface area contributed by atoms with Gasteiger partial charge in [0.15, 0.2) is 0 Å². The smallest absolute Gasteiger partial charge is 0.255 e. The van der Waals surface area contributed by atoms with Gasteiger partial charge in [0.25, 0.3) is 5.91 Å². The van der Waals surface area contributed by atoms with Crippen LogP contribution in [0.15, 0.2) is 12.1 Å². The molecule has 1 N–H and O–H groups in total. The molecule has 0 aliphatic carbocycles. The molecule has 0 aliphatic heterocycles. The van der Waals surface area contributed by atoms with Crippen LogP contribution in [-0.2, 0) is 0 Å². The summed E-state index contributed by atoms with van der Waals surface area (Å²) in [6.07, 6.45) is 0. The van der Waals surface area contributed by atoms with Crippen LogP contribution in [-0.4, -0.2) is 45.1 Å². The lowest BCUT2D eigenvalue weighted by molar-refractivity contribution is 0.0948. The van der Waals surface area contributed by atoms with Crippen molar-refractivity contribution in [2.75, 3.05) is 34.3 Å². The minimum absolute atomic E-state index is 0.167.